The van der Waals surface area contributed by atoms with Gasteiger partial charge in [-0.25, -0.2) is 28.4 Å². The molecule has 2 aromatic rings. The van der Waals surface area contributed by atoms with Crippen LogP contribution in [0.3, 0.4) is 0 Å². The van der Waals surface area contributed by atoms with Gasteiger partial charge >= 0.3 is 12.1 Å². The van der Waals surface area contributed by atoms with Crippen LogP contribution in [0.1, 0.15) is 30.9 Å². The van der Waals surface area contributed by atoms with Crippen LogP contribution >= 0.6 is 0 Å². The number of alkyl carbamates (subject to hydrolysis) is 1. The maximum Gasteiger partial charge on any atom is 0.407 e. The van der Waals surface area contributed by atoms with E-state index in [2.05, 4.69) is 17.2 Å². The topological polar surface area (TPSA) is 115 Å². The molecule has 230 valence electrons. The van der Waals surface area contributed by atoms with Crippen LogP contribution < -0.4 is 10.6 Å². The van der Waals surface area contributed by atoms with Gasteiger partial charge in [0.15, 0.2) is 0 Å². The number of halogens is 2. The van der Waals surface area contributed by atoms with Crippen molar-refractivity contribution in [2.75, 3.05) is 32.8 Å². The summed E-state index contributed by atoms with van der Waals surface area (Å²) in [5.41, 5.74) is 0.983. The zero-order chi connectivity index (χ0) is 30.9. The largest absolute Gasteiger partial charge is 0.445 e. The number of piperazine rings is 1. The summed E-state index contributed by atoms with van der Waals surface area (Å²) in [6.45, 7) is 5.72. The zero-order valence-electron chi connectivity index (χ0n) is 24.0. The summed E-state index contributed by atoms with van der Waals surface area (Å²) in [5.74, 6) is -2.31. The van der Waals surface area contributed by atoms with Gasteiger partial charge in [0.2, 0.25) is 11.8 Å². The van der Waals surface area contributed by atoms with Crippen LogP contribution in [0.5, 0.6) is 0 Å². The minimum Gasteiger partial charge on any atom is -0.445 e. The number of fused-ring (bicyclic) bond motifs is 1. The number of likely N-dealkylation sites (N-methyl/N-ethyl adjacent to an activating group) is 1. The van der Waals surface area contributed by atoms with Crippen LogP contribution in [-0.4, -0.2) is 88.7 Å². The molecule has 0 aromatic heterocycles. The number of carbonyl (C=O) groups is 4. The molecule has 13 heteroatoms. The Hall–Kier alpha value is -4.52. The van der Waals surface area contributed by atoms with Gasteiger partial charge in [-0.1, -0.05) is 56.0 Å². The van der Waals surface area contributed by atoms with Crippen LogP contribution in [0.2, 0.25) is 0 Å². The van der Waals surface area contributed by atoms with Crippen molar-refractivity contribution in [3.63, 3.8) is 0 Å². The van der Waals surface area contributed by atoms with Crippen LogP contribution in [0, 0.1) is 11.6 Å². The van der Waals surface area contributed by atoms with Gasteiger partial charge in [0, 0.05) is 37.8 Å². The molecule has 1 unspecified atom stereocenters. The van der Waals surface area contributed by atoms with Crippen molar-refractivity contribution in [1.29, 1.82) is 0 Å². The van der Waals surface area contributed by atoms with Gasteiger partial charge in [-0.3, -0.25) is 9.59 Å². The molecule has 0 aliphatic carbocycles. The monoisotopic (exact) mass is 598 g/mol. The summed E-state index contributed by atoms with van der Waals surface area (Å²) < 4.78 is 33.1. The summed E-state index contributed by atoms with van der Waals surface area (Å²) >= 11 is 0. The summed E-state index contributed by atoms with van der Waals surface area (Å²) in [6, 6.07) is 11.0. The fourth-order valence-corrected chi connectivity index (χ4v) is 5.26. The van der Waals surface area contributed by atoms with Crippen molar-refractivity contribution in [1.82, 2.24) is 30.5 Å². The molecule has 2 fully saturated rings. The Balaban J connectivity index is 1.59. The standard InChI is InChI=1S/C30H36F2N6O5/c1-3-15-43-30(42)33-14-8-11-25-28(40)35(18-22-12-13-23(31)16-24(22)32)19-26-37(25)27(39)20-36(4-2)38(26)29(41)34-17-21-9-6-5-7-10-21/h3,5-7,9-10,12-13,16,25-26H,1,4,8,11,14-15,17-20H2,2H3,(H,33,42)(H,34,41)/t25-,26?/m0/s1. The maximum absolute atomic E-state index is 14.6. The Morgan fingerprint density at radius 2 is 1.88 bits per heavy atom. The van der Waals surface area contributed by atoms with Crippen molar-refractivity contribution < 1.29 is 32.7 Å². The quantitative estimate of drug-likeness (QED) is 0.304. The van der Waals surface area contributed by atoms with Crippen LogP contribution in [0.4, 0.5) is 18.4 Å². The molecule has 11 nitrogen and oxygen atoms in total. The minimum absolute atomic E-state index is 0.0436. The van der Waals surface area contributed by atoms with Gasteiger partial charge < -0.3 is 25.2 Å². The highest BCUT2D eigenvalue weighted by Crippen LogP contribution is 2.29. The number of urea groups is 1. The highest BCUT2D eigenvalue weighted by molar-refractivity contribution is 5.91. The zero-order valence-corrected chi connectivity index (χ0v) is 24.0. The first-order valence-electron chi connectivity index (χ1n) is 14.1. The molecule has 0 bridgehead atoms. The molecular weight excluding hydrogens is 562 g/mol. The van der Waals surface area contributed by atoms with E-state index in [-0.39, 0.29) is 57.2 Å². The van der Waals surface area contributed by atoms with Gasteiger partial charge in [-0.15, -0.1) is 0 Å². The molecule has 5 amide bonds. The van der Waals surface area contributed by atoms with E-state index in [0.717, 1.165) is 17.7 Å². The van der Waals surface area contributed by atoms with Crippen molar-refractivity contribution in [3.05, 3.63) is 83.9 Å². The molecule has 0 saturated carbocycles. The van der Waals surface area contributed by atoms with Crippen LogP contribution in [-0.2, 0) is 27.4 Å². The molecule has 0 radical (unpaired) electrons. The molecule has 0 spiro atoms. The number of amides is 5. The highest BCUT2D eigenvalue weighted by atomic mass is 19.1. The fraction of sp³-hybridized carbons (Fsp3) is 0.400. The first-order valence-corrected chi connectivity index (χ1v) is 14.1. The van der Waals surface area contributed by atoms with Gasteiger partial charge in [0.05, 0.1) is 13.1 Å². The first kappa shape index (κ1) is 31.4. The van der Waals surface area contributed by atoms with E-state index in [1.165, 1.54) is 27.0 Å². The average Bonchev–Trinajstić information content (AvgIpc) is 3.00. The lowest BCUT2D eigenvalue weighted by molar-refractivity contribution is -0.191. The number of benzene rings is 2. The number of hydrogen-bond acceptors (Lipinski definition) is 6. The lowest BCUT2D eigenvalue weighted by Crippen LogP contribution is -2.76. The van der Waals surface area contributed by atoms with E-state index in [0.29, 0.717) is 13.0 Å². The second-order valence-corrected chi connectivity index (χ2v) is 10.2. The molecule has 2 heterocycles. The molecular formula is C30H36F2N6O5. The van der Waals surface area contributed by atoms with Crippen molar-refractivity contribution in [2.45, 2.75) is 45.1 Å². The third kappa shape index (κ3) is 7.66. The molecule has 2 aliphatic heterocycles. The van der Waals surface area contributed by atoms with Crippen LogP contribution in [0.25, 0.3) is 0 Å². The predicted molar refractivity (Wildman–Crippen MR) is 153 cm³/mol. The van der Waals surface area contributed by atoms with Crippen LogP contribution in [0.15, 0.2) is 61.2 Å². The normalized spacial score (nSPS) is 18.7. The Morgan fingerprint density at radius 1 is 1.12 bits per heavy atom. The Kier molecular flexibility index (Phi) is 10.7. The smallest absolute Gasteiger partial charge is 0.407 e. The first-order chi connectivity index (χ1) is 20.7. The minimum atomic E-state index is -0.982. The van der Waals surface area contributed by atoms with E-state index < -0.39 is 41.9 Å². The van der Waals surface area contributed by atoms with Crippen molar-refractivity contribution in [3.8, 4) is 0 Å². The molecule has 4 rings (SSSR count). The lowest BCUT2D eigenvalue weighted by Gasteiger charge is -2.55. The average molecular weight is 599 g/mol. The number of hydrazine groups is 1. The Morgan fingerprint density at radius 3 is 2.58 bits per heavy atom. The third-order valence-corrected chi connectivity index (χ3v) is 7.32. The van der Waals surface area contributed by atoms with Gasteiger partial charge in [0.25, 0.3) is 0 Å². The molecule has 2 N–H and O–H groups in total. The molecule has 2 aliphatic rings. The number of nitrogens with zero attached hydrogens (tertiary/aromatic N) is 4. The Bertz CT molecular complexity index is 1330. The molecule has 2 aromatic carbocycles. The second kappa shape index (κ2) is 14.6. The SMILES string of the molecule is C=CCOC(=O)NCCC[C@H]1C(=O)N(Cc2ccc(F)cc2F)CC2N1C(=O)CN(CC)N2C(=O)NCc1ccccc1. The van der Waals surface area contributed by atoms with Gasteiger partial charge in [-0.05, 0) is 24.5 Å². The summed E-state index contributed by atoms with van der Waals surface area (Å²) in [5, 5.41) is 8.55. The van der Waals surface area contributed by atoms with Gasteiger partial charge in [0.1, 0.15) is 30.4 Å². The number of ether oxygens (including phenoxy) is 1. The van der Waals surface area contributed by atoms with Crippen molar-refractivity contribution >= 4 is 23.9 Å². The second-order valence-electron chi connectivity index (χ2n) is 10.2. The Labute approximate surface area is 249 Å². The van der Waals surface area contributed by atoms with Crippen molar-refractivity contribution in [2.24, 2.45) is 0 Å². The number of rotatable bonds is 11. The third-order valence-electron chi connectivity index (χ3n) is 7.32. The van der Waals surface area contributed by atoms with E-state index in [1.54, 1.807) is 5.01 Å². The van der Waals surface area contributed by atoms with Gasteiger partial charge in [-0.2, -0.15) is 0 Å². The maximum atomic E-state index is 14.6. The summed E-state index contributed by atoms with van der Waals surface area (Å²) in [7, 11) is 0. The number of nitrogens with one attached hydrogen (secondary N) is 2. The number of carbonyl (C=O) groups excluding carboxylic acids is 4. The summed E-state index contributed by atoms with van der Waals surface area (Å²) in [4.78, 5) is 55.5. The summed E-state index contributed by atoms with van der Waals surface area (Å²) in [6.07, 6.45) is 0.384. The van der Waals surface area contributed by atoms with E-state index in [9.17, 15) is 28.0 Å². The molecule has 2 saturated heterocycles. The fourth-order valence-electron chi connectivity index (χ4n) is 5.26. The molecule has 43 heavy (non-hydrogen) atoms. The number of hydrogen-bond donors (Lipinski definition) is 2. The highest BCUT2D eigenvalue weighted by Gasteiger charge is 2.51. The van der Waals surface area contributed by atoms with E-state index >= 15 is 0 Å². The van der Waals surface area contributed by atoms with E-state index in [1.807, 2.05) is 37.3 Å². The van der Waals surface area contributed by atoms with E-state index in [4.69, 9.17) is 4.74 Å². The lowest BCUT2D eigenvalue weighted by atomic mass is 10.0. The predicted octanol–water partition coefficient (Wildman–Crippen LogP) is 2.99. The molecule has 2 atom stereocenters.